The van der Waals surface area contributed by atoms with Crippen molar-refractivity contribution in [1.29, 1.82) is 0 Å². The second kappa shape index (κ2) is 5.94. The van der Waals surface area contributed by atoms with Crippen LogP contribution in [0.15, 0.2) is 16.9 Å². The van der Waals surface area contributed by atoms with Gasteiger partial charge in [-0.25, -0.2) is 4.68 Å². The van der Waals surface area contributed by atoms with Crippen LogP contribution in [-0.4, -0.2) is 58.6 Å². The fourth-order valence-electron chi connectivity index (χ4n) is 1.99. The highest BCUT2D eigenvalue weighted by Gasteiger charge is 2.26. The van der Waals surface area contributed by atoms with Gasteiger partial charge in [0.25, 0.3) is 11.5 Å². The Bertz CT molecular complexity index is 514. The van der Waals surface area contributed by atoms with Gasteiger partial charge in [-0.3, -0.25) is 9.59 Å². The monoisotopic (exact) mass is 267 g/mol. The number of amides is 1. The lowest BCUT2D eigenvalue weighted by Gasteiger charge is -2.15. The Labute approximate surface area is 110 Å². The molecule has 0 radical (unpaired) electrons. The molecule has 104 valence electrons. The zero-order valence-corrected chi connectivity index (χ0v) is 10.8. The van der Waals surface area contributed by atoms with Crippen LogP contribution in [0.1, 0.15) is 16.9 Å². The molecule has 1 saturated heterocycles. The minimum absolute atomic E-state index is 0.213. The second-order valence-electron chi connectivity index (χ2n) is 4.47. The molecule has 19 heavy (non-hydrogen) atoms. The first-order chi connectivity index (χ1) is 9.11. The fourth-order valence-corrected chi connectivity index (χ4v) is 1.99. The smallest absolute Gasteiger partial charge is 0.274 e. The van der Waals surface area contributed by atoms with Crippen LogP contribution < -0.4 is 5.56 Å². The Morgan fingerprint density at radius 3 is 3.00 bits per heavy atom. The molecule has 0 bridgehead atoms. The van der Waals surface area contributed by atoms with E-state index in [0.29, 0.717) is 32.7 Å². The van der Waals surface area contributed by atoms with E-state index >= 15 is 0 Å². The molecule has 1 aromatic rings. The summed E-state index contributed by atoms with van der Waals surface area (Å²) in [4.78, 5) is 25.2. The summed E-state index contributed by atoms with van der Waals surface area (Å²) in [5.41, 5.74) is -0.0557. The van der Waals surface area contributed by atoms with Crippen LogP contribution >= 0.6 is 0 Å². The van der Waals surface area contributed by atoms with Crippen LogP contribution in [0, 0.1) is 0 Å². The summed E-state index contributed by atoms with van der Waals surface area (Å²) in [5, 5.41) is 13.5. The average molecular weight is 267 g/mol. The van der Waals surface area contributed by atoms with Crippen LogP contribution in [0.4, 0.5) is 0 Å². The first-order valence-corrected chi connectivity index (χ1v) is 6.16. The van der Waals surface area contributed by atoms with Crippen LogP contribution in [-0.2, 0) is 11.3 Å². The summed E-state index contributed by atoms with van der Waals surface area (Å²) in [6, 6.07) is 2.74. The lowest BCUT2D eigenvalue weighted by Crippen LogP contribution is -2.33. The summed E-state index contributed by atoms with van der Waals surface area (Å²) >= 11 is 0. The largest absolute Gasteiger partial charge is 0.391 e. The number of hydrogen-bond donors (Lipinski definition) is 1. The third kappa shape index (κ3) is 3.18. The van der Waals surface area contributed by atoms with Gasteiger partial charge < -0.3 is 14.7 Å². The van der Waals surface area contributed by atoms with Crippen molar-refractivity contribution < 1.29 is 14.6 Å². The van der Waals surface area contributed by atoms with E-state index in [1.165, 1.54) is 28.8 Å². The lowest BCUT2D eigenvalue weighted by molar-refractivity contribution is 0.0755. The molecule has 1 aliphatic heterocycles. The minimum atomic E-state index is -0.469. The molecular weight excluding hydrogens is 250 g/mol. The molecule has 7 heteroatoms. The number of aromatic nitrogens is 2. The molecule has 1 amide bonds. The normalized spacial score (nSPS) is 18.8. The van der Waals surface area contributed by atoms with Gasteiger partial charge in [-0.15, -0.1) is 0 Å². The molecule has 0 unspecified atom stereocenters. The highest BCUT2D eigenvalue weighted by atomic mass is 16.5. The number of carbonyl (C=O) groups is 1. The molecule has 1 N–H and O–H groups in total. The van der Waals surface area contributed by atoms with E-state index < -0.39 is 6.10 Å². The number of β-amino-alcohol motifs (C(OH)–C–C–N with tert-alkyl or cyclic N) is 1. The second-order valence-corrected chi connectivity index (χ2v) is 4.47. The van der Waals surface area contributed by atoms with E-state index in [1.54, 1.807) is 0 Å². The van der Waals surface area contributed by atoms with E-state index in [9.17, 15) is 14.7 Å². The Kier molecular flexibility index (Phi) is 4.28. The van der Waals surface area contributed by atoms with Gasteiger partial charge in [0.05, 0.1) is 19.3 Å². The molecule has 0 spiro atoms. The van der Waals surface area contributed by atoms with Gasteiger partial charge in [0.2, 0.25) is 0 Å². The maximum atomic E-state index is 12.1. The lowest BCUT2D eigenvalue weighted by atomic mass is 10.3. The zero-order valence-electron chi connectivity index (χ0n) is 10.8. The number of carbonyl (C=O) groups excluding carboxylic acids is 1. The highest BCUT2D eigenvalue weighted by molar-refractivity contribution is 5.92. The Morgan fingerprint density at radius 2 is 2.37 bits per heavy atom. The van der Waals surface area contributed by atoms with Gasteiger partial charge in [0.1, 0.15) is 5.69 Å². The Balaban J connectivity index is 2.15. The number of ether oxygens (including phenoxy) is 1. The number of nitrogens with zero attached hydrogens (tertiary/aromatic N) is 3. The SMILES string of the molecule is COCCn1nc(C(=O)N2CC[C@H](O)C2)ccc1=O. The molecule has 1 atom stereocenters. The summed E-state index contributed by atoms with van der Waals surface area (Å²) in [5.74, 6) is -0.261. The van der Waals surface area contributed by atoms with Crippen molar-refractivity contribution in [2.24, 2.45) is 0 Å². The maximum absolute atomic E-state index is 12.1. The number of aliphatic hydroxyl groups is 1. The van der Waals surface area contributed by atoms with E-state index in [-0.39, 0.29) is 17.2 Å². The van der Waals surface area contributed by atoms with Crippen molar-refractivity contribution in [1.82, 2.24) is 14.7 Å². The molecule has 1 fully saturated rings. The van der Waals surface area contributed by atoms with Gasteiger partial charge >= 0.3 is 0 Å². The van der Waals surface area contributed by atoms with Gasteiger partial charge in [0.15, 0.2) is 0 Å². The zero-order chi connectivity index (χ0) is 13.8. The first kappa shape index (κ1) is 13.7. The molecule has 0 saturated carbocycles. The number of rotatable bonds is 4. The third-order valence-electron chi connectivity index (χ3n) is 3.04. The van der Waals surface area contributed by atoms with Crippen LogP contribution in [0.3, 0.4) is 0 Å². The molecule has 1 aromatic heterocycles. The summed E-state index contributed by atoms with van der Waals surface area (Å²) in [6.07, 6.45) is 0.109. The van der Waals surface area contributed by atoms with Crippen LogP contribution in [0.25, 0.3) is 0 Å². The Hall–Kier alpha value is -1.73. The van der Waals surface area contributed by atoms with E-state index in [4.69, 9.17) is 4.74 Å². The minimum Gasteiger partial charge on any atom is -0.391 e. The summed E-state index contributed by atoms with van der Waals surface area (Å²) in [6.45, 7) is 1.49. The first-order valence-electron chi connectivity index (χ1n) is 6.16. The van der Waals surface area contributed by atoms with Gasteiger partial charge in [0, 0.05) is 26.3 Å². The quantitative estimate of drug-likeness (QED) is 0.764. The van der Waals surface area contributed by atoms with Gasteiger partial charge in [-0.2, -0.15) is 5.10 Å². The molecular formula is C12H17N3O4. The number of likely N-dealkylation sites (tertiary alicyclic amines) is 1. The fraction of sp³-hybridized carbons (Fsp3) is 0.583. The van der Waals surface area contributed by atoms with Crippen molar-refractivity contribution in [2.45, 2.75) is 19.1 Å². The maximum Gasteiger partial charge on any atom is 0.274 e. The standard InChI is InChI=1S/C12H17N3O4/c1-19-7-6-15-11(17)3-2-10(13-15)12(18)14-5-4-9(16)8-14/h2-3,9,16H,4-8H2,1H3/t9-/m0/s1. The van der Waals surface area contributed by atoms with Crippen molar-refractivity contribution in [3.63, 3.8) is 0 Å². The van der Waals surface area contributed by atoms with Crippen molar-refractivity contribution >= 4 is 5.91 Å². The third-order valence-corrected chi connectivity index (χ3v) is 3.04. The van der Waals surface area contributed by atoms with E-state index in [2.05, 4.69) is 5.10 Å². The number of hydrogen-bond acceptors (Lipinski definition) is 5. The van der Waals surface area contributed by atoms with Gasteiger partial charge in [-0.1, -0.05) is 0 Å². The summed E-state index contributed by atoms with van der Waals surface area (Å²) in [7, 11) is 1.53. The molecule has 2 rings (SSSR count). The molecule has 7 nitrogen and oxygen atoms in total. The summed E-state index contributed by atoms with van der Waals surface area (Å²) < 4.78 is 6.10. The van der Waals surface area contributed by atoms with Crippen LogP contribution in [0.5, 0.6) is 0 Å². The average Bonchev–Trinajstić information content (AvgIpc) is 2.83. The highest BCUT2D eigenvalue weighted by Crippen LogP contribution is 2.11. The van der Waals surface area contributed by atoms with Gasteiger partial charge in [-0.05, 0) is 12.5 Å². The predicted molar refractivity (Wildman–Crippen MR) is 66.9 cm³/mol. The topological polar surface area (TPSA) is 84.7 Å². The predicted octanol–water partition coefficient (Wildman–Crippen LogP) is -0.903. The molecule has 0 aromatic carbocycles. The van der Waals surface area contributed by atoms with Crippen molar-refractivity contribution in [3.05, 3.63) is 28.2 Å². The molecule has 1 aliphatic rings. The van der Waals surface area contributed by atoms with E-state index in [1.807, 2.05) is 0 Å². The molecule has 2 heterocycles. The van der Waals surface area contributed by atoms with Crippen molar-refractivity contribution in [3.8, 4) is 0 Å². The van der Waals surface area contributed by atoms with E-state index in [0.717, 1.165) is 0 Å². The molecule has 0 aliphatic carbocycles. The Morgan fingerprint density at radius 1 is 1.58 bits per heavy atom. The van der Waals surface area contributed by atoms with Crippen LogP contribution in [0.2, 0.25) is 0 Å². The number of aliphatic hydroxyl groups excluding tert-OH is 1. The van der Waals surface area contributed by atoms with Crippen molar-refractivity contribution in [2.75, 3.05) is 26.8 Å². The number of methoxy groups -OCH3 is 1.